The van der Waals surface area contributed by atoms with Crippen LogP contribution in [0, 0.1) is 0 Å². The maximum Gasteiger partial charge on any atom is 0.134 e. The average Bonchev–Trinajstić information content (AvgIpc) is 2.57. The second-order valence-corrected chi connectivity index (χ2v) is 3.00. The first-order valence-corrected chi connectivity index (χ1v) is 4.55. The predicted molar refractivity (Wildman–Crippen MR) is 55.5 cm³/mol. The zero-order chi connectivity index (χ0) is 9.10. The van der Waals surface area contributed by atoms with Crippen LogP contribution in [0.5, 0.6) is 0 Å². The molecular weight excluding hydrogens is 160 g/mol. The van der Waals surface area contributed by atoms with Crippen molar-refractivity contribution in [3.8, 4) is 0 Å². The van der Waals surface area contributed by atoms with E-state index in [9.17, 15) is 0 Å². The Morgan fingerprint density at radius 3 is 2.92 bits per heavy atom. The number of furan rings is 1. The minimum Gasteiger partial charge on any atom is -0.457 e. The number of fused-ring (bicyclic) bond motifs is 1. The molecule has 1 heterocycles. The highest BCUT2D eigenvalue weighted by Crippen LogP contribution is 2.19. The molecule has 0 aliphatic carbocycles. The van der Waals surface area contributed by atoms with Crippen molar-refractivity contribution in [1.82, 2.24) is 0 Å². The molecule has 0 aliphatic heterocycles. The van der Waals surface area contributed by atoms with Gasteiger partial charge in [-0.15, -0.1) is 0 Å². The van der Waals surface area contributed by atoms with Gasteiger partial charge in [-0.1, -0.05) is 31.2 Å². The molecule has 2 aromatic rings. The summed E-state index contributed by atoms with van der Waals surface area (Å²) in [7, 11) is 0. The third-order valence-electron chi connectivity index (χ3n) is 1.96. The highest BCUT2D eigenvalue weighted by atomic mass is 16.3. The van der Waals surface area contributed by atoms with E-state index in [1.165, 1.54) is 5.39 Å². The van der Waals surface area contributed by atoms with Crippen LogP contribution < -0.4 is 0 Å². The van der Waals surface area contributed by atoms with Crippen molar-refractivity contribution in [3.05, 3.63) is 42.2 Å². The van der Waals surface area contributed by atoms with E-state index in [0.717, 1.165) is 17.8 Å². The molecule has 0 bridgehead atoms. The van der Waals surface area contributed by atoms with E-state index in [-0.39, 0.29) is 0 Å². The molecule has 1 nitrogen and oxygen atoms in total. The van der Waals surface area contributed by atoms with Crippen molar-refractivity contribution in [2.24, 2.45) is 0 Å². The lowest BCUT2D eigenvalue weighted by atomic mass is 10.2. The van der Waals surface area contributed by atoms with Gasteiger partial charge in [-0.05, 0) is 24.6 Å². The van der Waals surface area contributed by atoms with Gasteiger partial charge in [0.2, 0.25) is 0 Å². The molecule has 1 heteroatoms. The van der Waals surface area contributed by atoms with Crippen LogP contribution in [0.1, 0.15) is 19.1 Å². The molecule has 13 heavy (non-hydrogen) atoms. The highest BCUT2D eigenvalue weighted by Gasteiger charge is 1.97. The largest absolute Gasteiger partial charge is 0.457 e. The molecule has 0 fully saturated rings. The van der Waals surface area contributed by atoms with Crippen molar-refractivity contribution < 1.29 is 4.42 Å². The van der Waals surface area contributed by atoms with E-state index in [0.29, 0.717) is 0 Å². The smallest absolute Gasteiger partial charge is 0.134 e. The van der Waals surface area contributed by atoms with Gasteiger partial charge in [-0.25, -0.2) is 0 Å². The standard InChI is InChI=1S/C12H12O/c1-2-3-7-11-9-10-6-4-5-8-12(10)13-11/h3-9H,2H2,1H3/b7-3+. The SMILES string of the molecule is CC/C=C/c1cc2ccccc2o1. The van der Waals surface area contributed by atoms with Gasteiger partial charge in [0.15, 0.2) is 0 Å². The van der Waals surface area contributed by atoms with Crippen LogP contribution in [0.3, 0.4) is 0 Å². The molecule has 2 rings (SSSR count). The van der Waals surface area contributed by atoms with E-state index >= 15 is 0 Å². The molecule has 0 spiro atoms. The molecule has 0 saturated heterocycles. The Balaban J connectivity index is 2.44. The molecule has 0 N–H and O–H groups in total. The van der Waals surface area contributed by atoms with Gasteiger partial charge in [0.05, 0.1) is 0 Å². The Morgan fingerprint density at radius 1 is 1.31 bits per heavy atom. The van der Waals surface area contributed by atoms with Crippen molar-refractivity contribution in [2.75, 3.05) is 0 Å². The fourth-order valence-corrected chi connectivity index (χ4v) is 1.32. The fraction of sp³-hybridized carbons (Fsp3) is 0.167. The Morgan fingerprint density at radius 2 is 2.15 bits per heavy atom. The van der Waals surface area contributed by atoms with Gasteiger partial charge in [-0.3, -0.25) is 0 Å². The maximum atomic E-state index is 5.58. The van der Waals surface area contributed by atoms with Crippen LogP contribution in [0.15, 0.2) is 40.8 Å². The van der Waals surface area contributed by atoms with Gasteiger partial charge in [0.1, 0.15) is 11.3 Å². The van der Waals surface area contributed by atoms with E-state index in [1.54, 1.807) is 0 Å². The summed E-state index contributed by atoms with van der Waals surface area (Å²) in [6.45, 7) is 2.11. The zero-order valence-corrected chi connectivity index (χ0v) is 7.66. The summed E-state index contributed by atoms with van der Waals surface area (Å²) in [5, 5.41) is 1.17. The molecule has 1 aromatic heterocycles. The molecule has 0 unspecified atom stereocenters. The normalized spacial score (nSPS) is 11.5. The van der Waals surface area contributed by atoms with Crippen molar-refractivity contribution in [3.63, 3.8) is 0 Å². The molecule has 0 radical (unpaired) electrons. The molecule has 1 aromatic carbocycles. The second-order valence-electron chi connectivity index (χ2n) is 3.00. The second kappa shape index (κ2) is 3.48. The number of hydrogen-bond donors (Lipinski definition) is 0. The Kier molecular flexibility index (Phi) is 2.17. The third-order valence-corrected chi connectivity index (χ3v) is 1.96. The summed E-state index contributed by atoms with van der Waals surface area (Å²) in [6, 6.07) is 10.1. The molecular formula is C12H12O. The van der Waals surface area contributed by atoms with Gasteiger partial charge in [0.25, 0.3) is 0 Å². The lowest BCUT2D eigenvalue weighted by Crippen LogP contribution is -1.58. The quantitative estimate of drug-likeness (QED) is 0.670. The Bertz CT molecular complexity index is 390. The van der Waals surface area contributed by atoms with Crippen LogP contribution in [0.4, 0.5) is 0 Å². The summed E-state index contributed by atoms with van der Waals surface area (Å²) >= 11 is 0. The van der Waals surface area contributed by atoms with E-state index in [4.69, 9.17) is 4.42 Å². The minimum atomic E-state index is 0.933. The van der Waals surface area contributed by atoms with Gasteiger partial charge >= 0.3 is 0 Å². The first kappa shape index (κ1) is 8.11. The van der Waals surface area contributed by atoms with Crippen LogP contribution >= 0.6 is 0 Å². The predicted octanol–water partition coefficient (Wildman–Crippen LogP) is 3.86. The lowest BCUT2D eigenvalue weighted by Gasteiger charge is -1.83. The average molecular weight is 172 g/mol. The summed E-state index contributed by atoms with van der Waals surface area (Å²) in [4.78, 5) is 0. The van der Waals surface area contributed by atoms with Gasteiger partial charge in [-0.2, -0.15) is 0 Å². The fourth-order valence-electron chi connectivity index (χ4n) is 1.32. The first-order valence-electron chi connectivity index (χ1n) is 4.55. The van der Waals surface area contributed by atoms with Crippen LogP contribution in [-0.4, -0.2) is 0 Å². The maximum absolute atomic E-state index is 5.58. The highest BCUT2D eigenvalue weighted by molar-refractivity contribution is 5.79. The number of benzene rings is 1. The lowest BCUT2D eigenvalue weighted by molar-refractivity contribution is 0.604. The molecule has 66 valence electrons. The van der Waals surface area contributed by atoms with E-state index in [2.05, 4.69) is 25.1 Å². The van der Waals surface area contributed by atoms with Gasteiger partial charge < -0.3 is 4.42 Å². The third kappa shape index (κ3) is 1.64. The summed E-state index contributed by atoms with van der Waals surface area (Å²) in [5.41, 5.74) is 0.957. The number of allylic oxidation sites excluding steroid dienone is 1. The van der Waals surface area contributed by atoms with E-state index < -0.39 is 0 Å². The molecule has 0 saturated carbocycles. The van der Waals surface area contributed by atoms with Crippen molar-refractivity contribution in [2.45, 2.75) is 13.3 Å². The van der Waals surface area contributed by atoms with Crippen LogP contribution in [-0.2, 0) is 0 Å². The zero-order valence-electron chi connectivity index (χ0n) is 7.66. The number of hydrogen-bond acceptors (Lipinski definition) is 1. The summed E-state index contributed by atoms with van der Waals surface area (Å²) in [6.07, 6.45) is 5.15. The van der Waals surface area contributed by atoms with Crippen molar-refractivity contribution >= 4 is 17.0 Å². The van der Waals surface area contributed by atoms with Crippen LogP contribution in [0.2, 0.25) is 0 Å². The Hall–Kier alpha value is -1.50. The Labute approximate surface area is 77.7 Å². The molecule has 0 aliphatic rings. The minimum absolute atomic E-state index is 0.933. The van der Waals surface area contributed by atoms with Crippen LogP contribution in [0.25, 0.3) is 17.0 Å². The topological polar surface area (TPSA) is 13.1 Å². The molecule has 0 atom stereocenters. The molecule has 0 amide bonds. The summed E-state index contributed by atoms with van der Waals surface area (Å²) < 4.78 is 5.58. The monoisotopic (exact) mass is 172 g/mol. The summed E-state index contributed by atoms with van der Waals surface area (Å²) in [5.74, 6) is 0.933. The van der Waals surface area contributed by atoms with E-state index in [1.807, 2.05) is 24.3 Å². The van der Waals surface area contributed by atoms with Gasteiger partial charge in [0, 0.05) is 5.39 Å². The first-order chi connectivity index (χ1) is 6.40. The number of rotatable bonds is 2. The number of para-hydroxylation sites is 1. The van der Waals surface area contributed by atoms with Crippen molar-refractivity contribution in [1.29, 1.82) is 0 Å².